The second-order valence-corrected chi connectivity index (χ2v) is 12.3. The summed E-state index contributed by atoms with van der Waals surface area (Å²) in [7, 11) is -3.30. The Hall–Kier alpha value is -3.30. The number of hydrogen-bond acceptors (Lipinski definition) is 5. The molecule has 3 heterocycles. The fourth-order valence-corrected chi connectivity index (χ4v) is 6.74. The highest BCUT2D eigenvalue weighted by atomic mass is 32.2. The van der Waals surface area contributed by atoms with Crippen molar-refractivity contribution in [2.24, 2.45) is 5.41 Å². The number of anilines is 1. The number of rotatable bonds is 3. The largest absolute Gasteiger partial charge is 0.370 e. The van der Waals surface area contributed by atoms with Gasteiger partial charge in [0.15, 0.2) is 0 Å². The molecule has 6 rings (SSSR count). The minimum Gasteiger partial charge on any atom is -0.370 e. The van der Waals surface area contributed by atoms with Gasteiger partial charge in [-0.25, -0.2) is 12.8 Å². The number of aromatic nitrogens is 1. The number of benzene rings is 2. The quantitative estimate of drug-likeness (QED) is 0.528. The fourth-order valence-electron chi connectivity index (χ4n) is 5.91. The van der Waals surface area contributed by atoms with Gasteiger partial charge in [-0.3, -0.25) is 9.78 Å². The Kier molecular flexibility index (Phi) is 5.80. The average Bonchev–Trinajstić information content (AvgIpc) is 3.25. The van der Waals surface area contributed by atoms with Crippen LogP contribution in [0.1, 0.15) is 23.2 Å². The van der Waals surface area contributed by atoms with Crippen LogP contribution >= 0.6 is 0 Å². The predicted octanol–water partition coefficient (Wildman–Crippen LogP) is 1.95. The molecule has 1 aromatic heterocycles. The van der Waals surface area contributed by atoms with Crippen molar-refractivity contribution < 1.29 is 17.6 Å². The molecule has 1 aliphatic carbocycles. The first-order chi connectivity index (χ1) is 17.7. The van der Waals surface area contributed by atoms with Crippen LogP contribution in [-0.4, -0.2) is 74.0 Å². The lowest BCUT2D eigenvalue weighted by atomic mass is 9.79. The molecule has 2 fully saturated rings. The predicted molar refractivity (Wildman–Crippen MR) is 143 cm³/mol. The van der Waals surface area contributed by atoms with Crippen molar-refractivity contribution >= 4 is 44.7 Å². The summed E-state index contributed by atoms with van der Waals surface area (Å²) in [4.78, 5) is 22.1. The van der Waals surface area contributed by atoms with Gasteiger partial charge in [0.2, 0.25) is 10.0 Å². The zero-order chi connectivity index (χ0) is 25.8. The topological polar surface area (TPSA) is 73.8 Å². The number of halogens is 1. The Morgan fingerprint density at radius 3 is 2.22 bits per heavy atom. The van der Waals surface area contributed by atoms with Crippen LogP contribution in [0.5, 0.6) is 0 Å². The number of carbonyl (C=O) groups is 1. The van der Waals surface area contributed by atoms with E-state index in [1.165, 1.54) is 33.1 Å². The average molecular weight is 521 g/mol. The normalized spacial score (nSPS) is 19.5. The van der Waals surface area contributed by atoms with Gasteiger partial charge in [-0.05, 0) is 41.5 Å². The number of piperidine rings is 1. The van der Waals surface area contributed by atoms with Crippen molar-refractivity contribution in [3.8, 4) is 0 Å². The molecule has 0 radical (unpaired) electrons. The van der Waals surface area contributed by atoms with Crippen LogP contribution in [0.3, 0.4) is 0 Å². The highest BCUT2D eigenvalue weighted by Crippen LogP contribution is 2.40. The lowest BCUT2D eigenvalue weighted by molar-refractivity contribution is 0.0698. The number of sulfonamides is 1. The zero-order valence-electron chi connectivity index (χ0n) is 20.7. The summed E-state index contributed by atoms with van der Waals surface area (Å²) in [5.41, 5.74) is 1.77. The summed E-state index contributed by atoms with van der Waals surface area (Å²) in [5, 5.41) is 3.15. The molecule has 192 valence electrons. The van der Waals surface area contributed by atoms with Crippen molar-refractivity contribution in [3.05, 3.63) is 70.5 Å². The van der Waals surface area contributed by atoms with Crippen LogP contribution in [0.25, 0.3) is 23.1 Å². The van der Waals surface area contributed by atoms with Gasteiger partial charge in [0.25, 0.3) is 5.91 Å². The molecule has 0 saturated carbocycles. The fraction of sp³-hybridized carbons (Fsp3) is 0.357. The van der Waals surface area contributed by atoms with Crippen molar-refractivity contribution in [2.75, 3.05) is 50.4 Å². The first-order valence-corrected chi connectivity index (χ1v) is 14.5. The van der Waals surface area contributed by atoms with E-state index in [9.17, 15) is 17.6 Å². The van der Waals surface area contributed by atoms with E-state index in [0.29, 0.717) is 35.2 Å². The second kappa shape index (κ2) is 8.92. The smallest absolute Gasteiger partial charge is 0.257 e. The molecule has 37 heavy (non-hydrogen) atoms. The van der Waals surface area contributed by atoms with E-state index in [-0.39, 0.29) is 30.2 Å². The van der Waals surface area contributed by atoms with E-state index in [1.54, 1.807) is 17.2 Å². The zero-order valence-corrected chi connectivity index (χ0v) is 21.5. The molecule has 9 heteroatoms. The Labute approximate surface area is 215 Å². The monoisotopic (exact) mass is 520 g/mol. The summed E-state index contributed by atoms with van der Waals surface area (Å²) in [6.07, 6.45) is 9.28. The first-order valence-electron chi connectivity index (χ1n) is 12.6. The number of piperazine rings is 1. The Balaban J connectivity index is 1.33. The highest BCUT2D eigenvalue weighted by Gasteiger charge is 2.35. The van der Waals surface area contributed by atoms with E-state index < -0.39 is 10.0 Å². The first kappa shape index (κ1) is 24.1. The number of hydrogen-bond donors (Lipinski definition) is 0. The third kappa shape index (κ3) is 4.40. The Bertz CT molecular complexity index is 1590. The van der Waals surface area contributed by atoms with Crippen LogP contribution < -0.4 is 15.3 Å². The van der Waals surface area contributed by atoms with E-state index in [0.717, 1.165) is 25.9 Å². The number of pyridine rings is 1. The molecule has 0 bridgehead atoms. The molecule has 1 amide bonds. The van der Waals surface area contributed by atoms with E-state index >= 15 is 0 Å². The second-order valence-electron chi connectivity index (χ2n) is 10.3. The summed E-state index contributed by atoms with van der Waals surface area (Å²) in [5.74, 6) is -0.572. The van der Waals surface area contributed by atoms with E-state index in [2.05, 4.69) is 46.3 Å². The molecule has 2 aromatic carbocycles. The number of amides is 1. The van der Waals surface area contributed by atoms with Gasteiger partial charge >= 0.3 is 0 Å². The third-order valence-corrected chi connectivity index (χ3v) is 9.22. The van der Waals surface area contributed by atoms with Gasteiger partial charge in [0, 0.05) is 56.3 Å². The number of fused-ring (bicyclic) bond motifs is 2. The lowest BCUT2D eigenvalue weighted by Gasteiger charge is -2.40. The lowest BCUT2D eigenvalue weighted by Crippen LogP contribution is -2.50. The molecule has 7 nitrogen and oxygen atoms in total. The molecule has 0 unspecified atom stereocenters. The van der Waals surface area contributed by atoms with Crippen LogP contribution in [0.4, 0.5) is 10.1 Å². The molecule has 3 aliphatic rings. The van der Waals surface area contributed by atoms with Crippen LogP contribution in [-0.2, 0) is 10.0 Å². The minimum absolute atomic E-state index is 0.0135. The molecule has 3 aromatic rings. The standard InChI is InChI=1S/C28H29FN4O3S/c1-37(35,36)33-14-12-32(13-15-33)27(34)24-19-30-25-7-6-22(29)16-23(25)26(24)31-10-8-28(9-11-31)17-20-4-2-3-5-21(20)18-28/h2-7,16-19H,8-15H2,1H3. The minimum atomic E-state index is -3.30. The third-order valence-electron chi connectivity index (χ3n) is 7.92. The van der Waals surface area contributed by atoms with Crippen molar-refractivity contribution in [2.45, 2.75) is 12.8 Å². The van der Waals surface area contributed by atoms with Gasteiger partial charge in [0.1, 0.15) is 5.82 Å². The number of nitrogens with zero attached hydrogens (tertiary/aromatic N) is 4. The van der Waals surface area contributed by atoms with Gasteiger partial charge in [-0.1, -0.05) is 36.4 Å². The van der Waals surface area contributed by atoms with Crippen LogP contribution in [0, 0.1) is 11.2 Å². The highest BCUT2D eigenvalue weighted by molar-refractivity contribution is 7.88. The maximum atomic E-state index is 14.4. The molecule has 0 N–H and O–H groups in total. The van der Waals surface area contributed by atoms with Gasteiger partial charge < -0.3 is 9.80 Å². The molecule has 0 atom stereocenters. The summed E-state index contributed by atoms with van der Waals surface area (Å²) >= 11 is 0. The van der Waals surface area contributed by atoms with Crippen LogP contribution in [0.2, 0.25) is 0 Å². The molecular weight excluding hydrogens is 491 g/mol. The van der Waals surface area contributed by atoms with Crippen molar-refractivity contribution in [3.63, 3.8) is 0 Å². The summed E-state index contributed by atoms with van der Waals surface area (Å²) in [6, 6.07) is 12.9. The summed E-state index contributed by atoms with van der Waals surface area (Å²) < 4.78 is 39.6. The molecule has 1 spiro atoms. The molecule has 2 aliphatic heterocycles. The Morgan fingerprint density at radius 1 is 0.946 bits per heavy atom. The van der Waals surface area contributed by atoms with Crippen molar-refractivity contribution in [1.29, 1.82) is 0 Å². The maximum Gasteiger partial charge on any atom is 0.257 e. The van der Waals surface area contributed by atoms with E-state index in [1.807, 2.05) is 0 Å². The summed E-state index contributed by atoms with van der Waals surface area (Å²) in [6.45, 7) is 2.56. The molecule has 2 saturated heterocycles. The van der Waals surface area contributed by atoms with Gasteiger partial charge in [0.05, 0.1) is 23.0 Å². The number of carbonyl (C=O) groups excluding carboxylic acids is 1. The van der Waals surface area contributed by atoms with E-state index in [4.69, 9.17) is 0 Å². The molecular formula is C28H29FN4O3S. The maximum absolute atomic E-state index is 14.4. The van der Waals surface area contributed by atoms with Gasteiger partial charge in [-0.15, -0.1) is 0 Å². The van der Waals surface area contributed by atoms with Crippen molar-refractivity contribution in [1.82, 2.24) is 14.2 Å². The SMILES string of the molecule is CS(=O)(=O)N1CCN(C(=O)c2cnc3ccc(F)cc3c2N2CCC3(C=c4ccccc4=C3)CC2)CC1. The van der Waals surface area contributed by atoms with Crippen LogP contribution in [0.15, 0.2) is 48.7 Å². The van der Waals surface area contributed by atoms with Gasteiger partial charge in [-0.2, -0.15) is 4.31 Å². The Morgan fingerprint density at radius 2 is 1.59 bits per heavy atom.